The molecule has 0 spiro atoms. The number of aromatic nitrogens is 1. The minimum atomic E-state index is 0.0290. The molecule has 0 aliphatic carbocycles. The molecular weight excluding hydrogens is 292 g/mol. The molecule has 0 saturated heterocycles. The van der Waals surface area contributed by atoms with Crippen LogP contribution in [-0.4, -0.2) is 12.6 Å². The van der Waals surface area contributed by atoms with Crippen LogP contribution in [-0.2, 0) is 5.54 Å². The first kappa shape index (κ1) is 16.8. The highest BCUT2D eigenvalue weighted by atomic mass is 15.2. The largest absolute Gasteiger partial charge is 0.369 e. The number of nitrogens with zero attached hydrogens (tertiary/aromatic N) is 2. The SMILES string of the molecule is CN(c1cccc2ccc3ccc[n+](C(C)(C)C)c3c12)C(C)(C)C. The Hall–Kier alpha value is -2.09. The van der Waals surface area contributed by atoms with Crippen molar-refractivity contribution in [2.75, 3.05) is 11.9 Å². The van der Waals surface area contributed by atoms with Gasteiger partial charge in [0.05, 0.1) is 11.1 Å². The molecule has 1 heterocycles. The molecule has 0 N–H and O–H groups in total. The van der Waals surface area contributed by atoms with Gasteiger partial charge in [0.1, 0.15) is 0 Å². The highest BCUT2D eigenvalue weighted by molar-refractivity contribution is 6.10. The Kier molecular flexibility index (Phi) is 3.82. The van der Waals surface area contributed by atoms with Gasteiger partial charge in [-0.25, -0.2) is 0 Å². The van der Waals surface area contributed by atoms with E-state index in [0.29, 0.717) is 0 Å². The van der Waals surface area contributed by atoms with Gasteiger partial charge in [-0.1, -0.05) is 18.2 Å². The summed E-state index contributed by atoms with van der Waals surface area (Å²) < 4.78 is 2.41. The van der Waals surface area contributed by atoms with Crippen LogP contribution in [0.2, 0.25) is 0 Å². The summed E-state index contributed by atoms with van der Waals surface area (Å²) in [6, 6.07) is 15.5. The fourth-order valence-corrected chi connectivity index (χ4v) is 3.26. The van der Waals surface area contributed by atoms with Gasteiger partial charge in [0.15, 0.2) is 11.7 Å². The van der Waals surface area contributed by atoms with Gasteiger partial charge in [-0.2, -0.15) is 4.57 Å². The van der Waals surface area contributed by atoms with Crippen molar-refractivity contribution in [2.24, 2.45) is 0 Å². The Morgan fingerprint density at radius 2 is 1.42 bits per heavy atom. The van der Waals surface area contributed by atoms with Gasteiger partial charge in [0.2, 0.25) is 5.52 Å². The van der Waals surface area contributed by atoms with E-state index in [1.165, 1.54) is 27.4 Å². The Bertz CT molecular complexity index is 895. The average Bonchev–Trinajstić information content (AvgIpc) is 2.51. The highest BCUT2D eigenvalue weighted by Gasteiger charge is 2.28. The van der Waals surface area contributed by atoms with Gasteiger partial charge in [-0.15, -0.1) is 0 Å². The Balaban J connectivity index is 2.50. The summed E-state index contributed by atoms with van der Waals surface area (Å²) >= 11 is 0. The van der Waals surface area contributed by atoms with Crippen molar-refractivity contribution < 1.29 is 4.57 Å². The molecule has 2 heteroatoms. The van der Waals surface area contributed by atoms with Crippen molar-refractivity contribution in [1.82, 2.24) is 0 Å². The molecule has 0 radical (unpaired) electrons. The first-order valence-corrected chi connectivity index (χ1v) is 8.71. The second kappa shape index (κ2) is 5.47. The number of fused-ring (bicyclic) bond motifs is 3. The summed E-state index contributed by atoms with van der Waals surface area (Å²) in [6.45, 7) is 13.6. The molecule has 2 nitrogen and oxygen atoms in total. The van der Waals surface area contributed by atoms with Gasteiger partial charge in [0.25, 0.3) is 0 Å². The average molecular weight is 321 g/mol. The third kappa shape index (κ3) is 2.75. The molecule has 0 amide bonds. The fraction of sp³-hybridized carbons (Fsp3) is 0.409. The maximum absolute atomic E-state index is 2.41. The molecule has 0 unspecified atom stereocenters. The van der Waals surface area contributed by atoms with Crippen molar-refractivity contribution in [3.8, 4) is 0 Å². The van der Waals surface area contributed by atoms with Crippen molar-refractivity contribution in [2.45, 2.75) is 52.6 Å². The molecule has 2 aromatic carbocycles. The summed E-state index contributed by atoms with van der Waals surface area (Å²) in [5.74, 6) is 0. The van der Waals surface area contributed by atoms with Crippen LogP contribution >= 0.6 is 0 Å². The lowest BCUT2D eigenvalue weighted by molar-refractivity contribution is -0.730. The molecule has 126 valence electrons. The van der Waals surface area contributed by atoms with E-state index < -0.39 is 0 Å². The number of benzene rings is 2. The van der Waals surface area contributed by atoms with E-state index in [9.17, 15) is 0 Å². The quantitative estimate of drug-likeness (QED) is 0.437. The van der Waals surface area contributed by atoms with E-state index in [1.54, 1.807) is 0 Å². The zero-order chi connectivity index (χ0) is 17.7. The molecule has 0 saturated carbocycles. The molecule has 24 heavy (non-hydrogen) atoms. The van der Waals surface area contributed by atoms with Crippen LogP contribution in [0.15, 0.2) is 48.7 Å². The van der Waals surface area contributed by atoms with Crippen molar-refractivity contribution in [3.05, 3.63) is 48.7 Å². The summed E-state index contributed by atoms with van der Waals surface area (Å²) in [4.78, 5) is 2.38. The smallest absolute Gasteiger partial charge is 0.222 e. The van der Waals surface area contributed by atoms with Crippen LogP contribution in [0, 0.1) is 0 Å². The Morgan fingerprint density at radius 3 is 2.04 bits per heavy atom. The topological polar surface area (TPSA) is 7.12 Å². The van der Waals surface area contributed by atoms with Gasteiger partial charge >= 0.3 is 0 Å². The van der Waals surface area contributed by atoms with E-state index >= 15 is 0 Å². The third-order valence-corrected chi connectivity index (χ3v) is 4.87. The summed E-state index contributed by atoms with van der Waals surface area (Å²) in [7, 11) is 2.19. The van der Waals surface area contributed by atoms with E-state index in [-0.39, 0.29) is 11.1 Å². The molecule has 0 aliphatic rings. The standard InChI is InChI=1S/C22H29N2/c1-21(2,3)23(7)18-12-8-10-16-13-14-17-11-9-15-24(22(4,5)6)20(17)19(16)18/h8-15H,1-7H3/q+1. The summed E-state index contributed by atoms with van der Waals surface area (Å²) in [6.07, 6.45) is 2.20. The second-order valence-electron chi connectivity index (χ2n) is 8.66. The third-order valence-electron chi connectivity index (χ3n) is 4.87. The molecule has 0 atom stereocenters. The molecule has 1 aromatic heterocycles. The normalized spacial score (nSPS) is 12.8. The summed E-state index contributed by atoms with van der Waals surface area (Å²) in [5, 5.41) is 3.91. The van der Waals surface area contributed by atoms with Crippen molar-refractivity contribution >= 4 is 27.4 Å². The lowest BCUT2D eigenvalue weighted by atomic mass is 9.98. The van der Waals surface area contributed by atoms with Gasteiger partial charge < -0.3 is 4.90 Å². The van der Waals surface area contributed by atoms with Gasteiger partial charge in [-0.05, 0) is 44.4 Å². The molecule has 0 aliphatic heterocycles. The van der Waals surface area contributed by atoms with Crippen LogP contribution < -0.4 is 9.47 Å². The molecule has 3 rings (SSSR count). The molecule has 0 bridgehead atoms. The molecular formula is C22H29N2+. The van der Waals surface area contributed by atoms with Crippen molar-refractivity contribution in [1.29, 1.82) is 0 Å². The lowest BCUT2D eigenvalue weighted by Gasteiger charge is -2.35. The predicted molar refractivity (Wildman–Crippen MR) is 105 cm³/mol. The van der Waals surface area contributed by atoms with Crippen LogP contribution in [0.1, 0.15) is 41.5 Å². The molecule has 0 fully saturated rings. The summed E-state index contributed by atoms with van der Waals surface area (Å²) in [5.41, 5.74) is 2.70. The zero-order valence-corrected chi connectivity index (χ0v) is 16.0. The van der Waals surface area contributed by atoms with Crippen LogP contribution in [0.4, 0.5) is 5.69 Å². The first-order chi connectivity index (χ1) is 11.1. The van der Waals surface area contributed by atoms with E-state index in [2.05, 4.69) is 107 Å². The van der Waals surface area contributed by atoms with E-state index in [0.717, 1.165) is 0 Å². The van der Waals surface area contributed by atoms with Crippen LogP contribution in [0.3, 0.4) is 0 Å². The van der Waals surface area contributed by atoms with E-state index in [1.807, 2.05) is 0 Å². The minimum Gasteiger partial charge on any atom is -0.369 e. The molecule has 3 aromatic rings. The number of rotatable bonds is 1. The number of hydrogen-bond donors (Lipinski definition) is 0. The van der Waals surface area contributed by atoms with Crippen LogP contribution in [0.25, 0.3) is 21.7 Å². The second-order valence-corrected chi connectivity index (χ2v) is 8.66. The fourth-order valence-electron chi connectivity index (χ4n) is 3.26. The Morgan fingerprint density at radius 1 is 0.792 bits per heavy atom. The predicted octanol–water partition coefficient (Wildman–Crippen LogP) is 5.27. The van der Waals surface area contributed by atoms with Crippen molar-refractivity contribution in [3.63, 3.8) is 0 Å². The highest BCUT2D eigenvalue weighted by Crippen LogP contribution is 2.34. The number of pyridine rings is 1. The monoisotopic (exact) mass is 321 g/mol. The van der Waals surface area contributed by atoms with Crippen LogP contribution in [0.5, 0.6) is 0 Å². The minimum absolute atomic E-state index is 0.0290. The van der Waals surface area contributed by atoms with Gasteiger partial charge in [0, 0.05) is 44.8 Å². The number of hydrogen-bond acceptors (Lipinski definition) is 1. The maximum Gasteiger partial charge on any atom is 0.222 e. The zero-order valence-electron chi connectivity index (χ0n) is 16.0. The van der Waals surface area contributed by atoms with E-state index in [4.69, 9.17) is 0 Å². The van der Waals surface area contributed by atoms with Gasteiger partial charge in [-0.3, -0.25) is 0 Å². The first-order valence-electron chi connectivity index (χ1n) is 8.71. The Labute approximate surface area is 145 Å². The maximum atomic E-state index is 2.41. The lowest BCUT2D eigenvalue weighted by Crippen LogP contribution is -2.50. The number of anilines is 1.